The van der Waals surface area contributed by atoms with Crippen LogP contribution in [-0.4, -0.2) is 42.6 Å². The first kappa shape index (κ1) is 29.2. The molecule has 2 aromatic rings. The van der Waals surface area contributed by atoms with E-state index in [1.807, 2.05) is 12.1 Å². The normalized spacial score (nSPS) is 13.4. The number of aliphatic imine (C=N–C) groups is 1. The van der Waals surface area contributed by atoms with Gasteiger partial charge in [-0.05, 0) is 61.1 Å². The van der Waals surface area contributed by atoms with Crippen molar-refractivity contribution in [3.8, 4) is 11.5 Å². The Bertz CT molecular complexity index is 1070. The molecular formula is C26H37N3O6S. The van der Waals surface area contributed by atoms with E-state index in [2.05, 4.69) is 11.9 Å². The lowest BCUT2D eigenvalue weighted by Crippen LogP contribution is -2.23. The summed E-state index contributed by atoms with van der Waals surface area (Å²) in [5.41, 5.74) is 12.3. The number of ether oxygens (including phenoxy) is 2. The number of aromatic hydroxyl groups is 1. The van der Waals surface area contributed by atoms with Crippen LogP contribution in [0.4, 0.5) is 0 Å². The smallest absolute Gasteiger partial charge is 0.268 e. The first-order chi connectivity index (χ1) is 17.2. The van der Waals surface area contributed by atoms with Crippen molar-refractivity contribution >= 4 is 16.1 Å². The molecule has 198 valence electrons. The summed E-state index contributed by atoms with van der Waals surface area (Å²) in [4.78, 5) is 3.75. The monoisotopic (exact) mass is 519 g/mol. The highest BCUT2D eigenvalue weighted by Gasteiger charge is 2.22. The van der Waals surface area contributed by atoms with Gasteiger partial charge in [-0.3, -0.25) is 4.55 Å². The van der Waals surface area contributed by atoms with Crippen LogP contribution in [-0.2, 0) is 21.3 Å². The first-order valence-electron chi connectivity index (χ1n) is 12.0. The van der Waals surface area contributed by atoms with E-state index in [-0.39, 0.29) is 37.4 Å². The Labute approximate surface area is 213 Å². The van der Waals surface area contributed by atoms with E-state index in [4.69, 9.17) is 20.9 Å². The van der Waals surface area contributed by atoms with E-state index >= 15 is 0 Å². The predicted molar refractivity (Wildman–Crippen MR) is 141 cm³/mol. The summed E-state index contributed by atoms with van der Waals surface area (Å²) in [7, 11) is -4.24. The lowest BCUT2D eigenvalue weighted by molar-refractivity contribution is 0.0819. The summed E-state index contributed by atoms with van der Waals surface area (Å²) in [5, 5.41) is 8.62. The second kappa shape index (κ2) is 15.1. The summed E-state index contributed by atoms with van der Waals surface area (Å²) >= 11 is 0. The maximum atomic E-state index is 12.0. The number of nitrogens with two attached hydrogens (primary N) is 2. The molecule has 0 radical (unpaired) electrons. The maximum absolute atomic E-state index is 12.0. The number of guanidine groups is 1. The summed E-state index contributed by atoms with van der Waals surface area (Å²) in [6.07, 6.45) is 7.06. The molecule has 0 aliphatic carbocycles. The van der Waals surface area contributed by atoms with Crippen molar-refractivity contribution in [2.24, 2.45) is 16.5 Å². The molecule has 0 saturated heterocycles. The largest absolute Gasteiger partial charge is 0.508 e. The number of rotatable bonds is 16. The van der Waals surface area contributed by atoms with Crippen molar-refractivity contribution in [3.63, 3.8) is 0 Å². The number of hydrogen-bond donors (Lipinski definition) is 4. The van der Waals surface area contributed by atoms with Crippen LogP contribution in [0.1, 0.15) is 56.3 Å². The zero-order chi connectivity index (χ0) is 26.4. The minimum absolute atomic E-state index is 0.00625. The molecule has 2 atom stereocenters. The van der Waals surface area contributed by atoms with Gasteiger partial charge in [-0.2, -0.15) is 8.42 Å². The molecule has 0 aliphatic heterocycles. The standard InChI is InChI=1S/C26H37N3O6S/c1-2-3-4-18-34-25(21-11-13-22(30)14-12-21)7-5-6-24(36(31,32)33)17-10-20-8-15-23(16-9-20)35-19-29-26(27)28/h5,7-9,11-16,24-25,30H,2-4,6,10,17-19H2,1H3,(H4,27,28,29)(H,31,32,33). The highest BCUT2D eigenvalue weighted by Crippen LogP contribution is 2.24. The van der Waals surface area contributed by atoms with Crippen LogP contribution >= 0.6 is 0 Å². The third-order valence-corrected chi connectivity index (χ3v) is 6.83. The topological polar surface area (TPSA) is 157 Å². The van der Waals surface area contributed by atoms with Crippen molar-refractivity contribution in [2.45, 2.75) is 56.8 Å². The van der Waals surface area contributed by atoms with E-state index in [9.17, 15) is 18.1 Å². The fourth-order valence-corrected chi connectivity index (χ4v) is 4.26. The van der Waals surface area contributed by atoms with Crippen LogP contribution in [0.25, 0.3) is 0 Å². The van der Waals surface area contributed by atoms with Crippen LogP contribution in [0.3, 0.4) is 0 Å². The third-order valence-electron chi connectivity index (χ3n) is 5.55. The van der Waals surface area contributed by atoms with Gasteiger partial charge in [0.15, 0.2) is 12.7 Å². The Hall–Kier alpha value is -3.08. The van der Waals surface area contributed by atoms with Crippen molar-refractivity contribution in [2.75, 3.05) is 13.3 Å². The molecule has 0 fully saturated rings. The highest BCUT2D eigenvalue weighted by atomic mass is 32.2. The van der Waals surface area contributed by atoms with Gasteiger partial charge >= 0.3 is 0 Å². The Morgan fingerprint density at radius 2 is 1.78 bits per heavy atom. The van der Waals surface area contributed by atoms with E-state index in [0.29, 0.717) is 18.8 Å². The molecule has 2 rings (SSSR count). The number of benzene rings is 2. The SMILES string of the molecule is CCCCCOC(C=CCC(CCc1ccc(OCN=C(N)N)cc1)S(=O)(=O)O)c1ccc(O)cc1. The molecule has 2 unspecified atom stereocenters. The van der Waals surface area contributed by atoms with Gasteiger partial charge in [-0.15, -0.1) is 0 Å². The number of allylic oxidation sites excluding steroid dienone is 1. The van der Waals surface area contributed by atoms with E-state index in [1.165, 1.54) is 0 Å². The molecule has 9 nitrogen and oxygen atoms in total. The molecule has 0 spiro atoms. The summed E-state index contributed by atoms with van der Waals surface area (Å²) in [5.74, 6) is 0.679. The summed E-state index contributed by atoms with van der Waals surface area (Å²) in [6, 6.07) is 13.9. The number of hydrogen-bond acceptors (Lipinski definition) is 6. The summed E-state index contributed by atoms with van der Waals surface area (Å²) < 4.78 is 45.2. The van der Waals surface area contributed by atoms with Gasteiger partial charge in [-0.25, -0.2) is 4.99 Å². The highest BCUT2D eigenvalue weighted by molar-refractivity contribution is 7.86. The lowest BCUT2D eigenvalue weighted by Gasteiger charge is -2.16. The average molecular weight is 520 g/mol. The van der Waals surface area contributed by atoms with Crippen molar-refractivity contribution < 1.29 is 27.6 Å². The fraction of sp³-hybridized carbons (Fsp3) is 0.423. The Morgan fingerprint density at radius 1 is 1.08 bits per heavy atom. The number of phenolic OH excluding ortho intramolecular Hbond substituents is 1. The molecule has 10 heteroatoms. The molecule has 6 N–H and O–H groups in total. The molecule has 0 aromatic heterocycles. The Balaban J connectivity index is 1.99. The van der Waals surface area contributed by atoms with Crippen LogP contribution in [0, 0.1) is 0 Å². The minimum Gasteiger partial charge on any atom is -0.508 e. The molecule has 0 aliphatic rings. The van der Waals surface area contributed by atoms with Crippen LogP contribution in [0.15, 0.2) is 65.7 Å². The van der Waals surface area contributed by atoms with Gasteiger partial charge in [0.05, 0.1) is 5.25 Å². The first-order valence-corrected chi connectivity index (χ1v) is 13.5. The van der Waals surface area contributed by atoms with E-state index in [1.54, 1.807) is 48.6 Å². The van der Waals surface area contributed by atoms with Gasteiger partial charge < -0.3 is 26.0 Å². The van der Waals surface area contributed by atoms with Crippen molar-refractivity contribution in [3.05, 3.63) is 71.8 Å². The van der Waals surface area contributed by atoms with Crippen LogP contribution in [0.2, 0.25) is 0 Å². The zero-order valence-electron chi connectivity index (χ0n) is 20.6. The molecule has 0 heterocycles. The Kier molecular flexibility index (Phi) is 12.2. The number of phenols is 1. The lowest BCUT2D eigenvalue weighted by atomic mass is 10.0. The van der Waals surface area contributed by atoms with Crippen LogP contribution in [0.5, 0.6) is 11.5 Å². The van der Waals surface area contributed by atoms with Gasteiger partial charge in [0, 0.05) is 6.61 Å². The van der Waals surface area contributed by atoms with Crippen molar-refractivity contribution in [1.82, 2.24) is 0 Å². The molecule has 0 bridgehead atoms. The van der Waals surface area contributed by atoms with E-state index in [0.717, 1.165) is 30.4 Å². The second-order valence-electron chi connectivity index (χ2n) is 8.43. The average Bonchev–Trinajstić information content (AvgIpc) is 2.83. The molecular weight excluding hydrogens is 482 g/mol. The number of aryl methyl sites for hydroxylation is 1. The van der Waals surface area contributed by atoms with Crippen LogP contribution < -0.4 is 16.2 Å². The summed E-state index contributed by atoms with van der Waals surface area (Å²) in [6.45, 7) is 2.69. The quantitative estimate of drug-likeness (QED) is 0.0849. The molecule has 0 saturated carbocycles. The van der Waals surface area contributed by atoms with Crippen molar-refractivity contribution in [1.29, 1.82) is 0 Å². The minimum atomic E-state index is -4.24. The van der Waals surface area contributed by atoms with Gasteiger partial charge in [0.2, 0.25) is 0 Å². The van der Waals surface area contributed by atoms with Gasteiger partial charge in [-0.1, -0.05) is 56.2 Å². The predicted octanol–water partition coefficient (Wildman–Crippen LogP) is 4.09. The fourth-order valence-electron chi connectivity index (χ4n) is 3.49. The zero-order valence-corrected chi connectivity index (χ0v) is 21.4. The second-order valence-corrected chi connectivity index (χ2v) is 10.1. The van der Waals surface area contributed by atoms with E-state index < -0.39 is 15.4 Å². The Morgan fingerprint density at radius 3 is 2.39 bits per heavy atom. The number of nitrogens with zero attached hydrogens (tertiary/aromatic N) is 1. The number of unbranched alkanes of at least 4 members (excludes halogenated alkanes) is 2. The molecule has 36 heavy (non-hydrogen) atoms. The molecule has 2 aromatic carbocycles. The van der Waals surface area contributed by atoms with Gasteiger partial charge in [0.25, 0.3) is 10.1 Å². The van der Waals surface area contributed by atoms with Gasteiger partial charge in [0.1, 0.15) is 17.6 Å². The third kappa shape index (κ3) is 11.1. The molecule has 0 amide bonds. The maximum Gasteiger partial charge on any atom is 0.268 e.